The van der Waals surface area contributed by atoms with Crippen molar-refractivity contribution in [2.24, 2.45) is 5.16 Å². The van der Waals surface area contributed by atoms with Crippen molar-refractivity contribution >= 4 is 6.21 Å². The SMILES string of the molecule is CCc1ccc(/[C]=N\OCc2ccc(C(F)(F)F)cc2)cc1. The first-order chi connectivity index (χ1) is 10.5. The van der Waals surface area contributed by atoms with E-state index < -0.39 is 11.7 Å². The molecule has 0 saturated heterocycles. The molecule has 0 heterocycles. The van der Waals surface area contributed by atoms with Crippen molar-refractivity contribution in [2.75, 3.05) is 0 Å². The molecule has 2 rings (SSSR count). The lowest BCUT2D eigenvalue weighted by molar-refractivity contribution is -0.137. The monoisotopic (exact) mass is 306 g/mol. The Kier molecular flexibility index (Phi) is 5.20. The average molecular weight is 306 g/mol. The smallest absolute Gasteiger partial charge is 0.390 e. The molecule has 0 aromatic heterocycles. The fourth-order valence-electron chi connectivity index (χ4n) is 1.80. The summed E-state index contributed by atoms with van der Waals surface area (Å²) in [7, 11) is 0. The maximum Gasteiger partial charge on any atom is 0.416 e. The van der Waals surface area contributed by atoms with E-state index in [1.165, 1.54) is 17.7 Å². The summed E-state index contributed by atoms with van der Waals surface area (Å²) in [5, 5.41) is 3.69. The van der Waals surface area contributed by atoms with Crippen LogP contribution in [0.25, 0.3) is 0 Å². The zero-order chi connectivity index (χ0) is 16.0. The molecule has 22 heavy (non-hydrogen) atoms. The molecule has 2 nitrogen and oxygen atoms in total. The molecule has 0 unspecified atom stereocenters. The second-order valence-corrected chi connectivity index (χ2v) is 4.72. The van der Waals surface area contributed by atoms with Gasteiger partial charge in [-0.15, -0.1) is 0 Å². The highest BCUT2D eigenvalue weighted by molar-refractivity contribution is 5.79. The fraction of sp³-hybridized carbons (Fsp3) is 0.235. The van der Waals surface area contributed by atoms with Crippen molar-refractivity contribution in [2.45, 2.75) is 26.1 Å². The number of halogens is 3. The molecule has 0 atom stereocenters. The summed E-state index contributed by atoms with van der Waals surface area (Å²) in [6, 6.07) is 12.5. The number of benzene rings is 2. The van der Waals surface area contributed by atoms with E-state index in [9.17, 15) is 13.2 Å². The molecule has 115 valence electrons. The molecule has 0 fully saturated rings. The third-order valence-corrected chi connectivity index (χ3v) is 3.11. The molecule has 0 N–H and O–H groups in total. The molecular weight excluding hydrogens is 291 g/mol. The number of aryl methyl sites for hydroxylation is 1. The first-order valence-corrected chi connectivity index (χ1v) is 6.82. The summed E-state index contributed by atoms with van der Waals surface area (Å²) in [4.78, 5) is 5.04. The second-order valence-electron chi connectivity index (χ2n) is 4.72. The molecule has 0 amide bonds. The topological polar surface area (TPSA) is 21.6 Å². The highest BCUT2D eigenvalue weighted by Gasteiger charge is 2.29. The van der Waals surface area contributed by atoms with Gasteiger partial charge in [0.1, 0.15) is 12.8 Å². The minimum atomic E-state index is -4.32. The van der Waals surface area contributed by atoms with Crippen LogP contribution in [0.5, 0.6) is 0 Å². The Bertz CT molecular complexity index is 616. The van der Waals surface area contributed by atoms with Gasteiger partial charge in [0.2, 0.25) is 0 Å². The van der Waals surface area contributed by atoms with Gasteiger partial charge in [-0.3, -0.25) is 0 Å². The van der Waals surface area contributed by atoms with Gasteiger partial charge in [-0.05, 0) is 29.7 Å². The predicted octanol–water partition coefficient (Wildman–Crippen LogP) is 4.70. The maximum absolute atomic E-state index is 12.4. The number of alkyl halides is 3. The van der Waals surface area contributed by atoms with Crippen LogP contribution in [0.1, 0.15) is 29.2 Å². The van der Waals surface area contributed by atoms with Gasteiger partial charge >= 0.3 is 6.18 Å². The van der Waals surface area contributed by atoms with Gasteiger partial charge in [-0.2, -0.15) is 13.2 Å². The summed E-state index contributed by atoms with van der Waals surface area (Å²) in [5.41, 5.74) is 1.93. The van der Waals surface area contributed by atoms with E-state index in [1.54, 1.807) is 0 Å². The van der Waals surface area contributed by atoms with Gasteiger partial charge in [0.25, 0.3) is 0 Å². The van der Waals surface area contributed by atoms with E-state index in [-0.39, 0.29) is 6.61 Å². The normalized spacial score (nSPS) is 11.8. The van der Waals surface area contributed by atoms with E-state index in [2.05, 4.69) is 18.3 Å². The molecule has 0 aliphatic rings. The number of rotatable bonds is 5. The summed E-state index contributed by atoms with van der Waals surface area (Å²) in [5.74, 6) is 0. The quantitative estimate of drug-likeness (QED) is 0.580. The number of hydrogen-bond acceptors (Lipinski definition) is 2. The van der Waals surface area contributed by atoms with Gasteiger partial charge in [-0.1, -0.05) is 48.5 Å². The summed E-state index contributed by atoms with van der Waals surface area (Å²) in [6.45, 7) is 2.16. The van der Waals surface area contributed by atoms with E-state index in [4.69, 9.17) is 4.84 Å². The van der Waals surface area contributed by atoms with Crippen LogP contribution in [0.3, 0.4) is 0 Å². The van der Waals surface area contributed by atoms with Gasteiger partial charge in [0, 0.05) is 5.56 Å². The van der Waals surface area contributed by atoms with Gasteiger partial charge < -0.3 is 4.84 Å². The van der Waals surface area contributed by atoms with Crippen molar-refractivity contribution in [3.05, 3.63) is 70.8 Å². The Hall–Kier alpha value is -2.30. The molecule has 0 bridgehead atoms. The highest BCUT2D eigenvalue weighted by Crippen LogP contribution is 2.29. The Morgan fingerprint density at radius 3 is 2.09 bits per heavy atom. The summed E-state index contributed by atoms with van der Waals surface area (Å²) < 4.78 is 37.2. The lowest BCUT2D eigenvalue weighted by Crippen LogP contribution is -2.04. The van der Waals surface area contributed by atoms with E-state index in [0.29, 0.717) is 5.56 Å². The molecular formula is C17H15F3NO. The Morgan fingerprint density at radius 1 is 0.955 bits per heavy atom. The number of nitrogens with zero attached hydrogens (tertiary/aromatic N) is 1. The largest absolute Gasteiger partial charge is 0.416 e. The molecule has 2 aromatic rings. The van der Waals surface area contributed by atoms with E-state index in [1.807, 2.05) is 24.3 Å². The molecule has 0 aliphatic heterocycles. The zero-order valence-electron chi connectivity index (χ0n) is 12.0. The summed E-state index contributed by atoms with van der Waals surface area (Å²) in [6.07, 6.45) is -0.639. The average Bonchev–Trinajstić information content (AvgIpc) is 2.52. The van der Waals surface area contributed by atoms with E-state index in [0.717, 1.165) is 24.1 Å². The van der Waals surface area contributed by atoms with E-state index >= 15 is 0 Å². The number of hydrogen-bond donors (Lipinski definition) is 0. The maximum atomic E-state index is 12.4. The lowest BCUT2D eigenvalue weighted by atomic mass is 10.1. The molecule has 0 spiro atoms. The standard InChI is InChI=1S/C17H15F3NO/c1-2-13-3-5-14(6-4-13)11-21-22-12-15-7-9-16(10-8-15)17(18,19)20/h3-10H,2,12H2,1H3. The van der Waals surface area contributed by atoms with Gasteiger partial charge in [-0.25, -0.2) is 0 Å². The van der Waals surface area contributed by atoms with Crippen molar-refractivity contribution in [3.63, 3.8) is 0 Å². The van der Waals surface area contributed by atoms with Crippen LogP contribution in [0.4, 0.5) is 13.2 Å². The zero-order valence-corrected chi connectivity index (χ0v) is 12.0. The van der Waals surface area contributed by atoms with Crippen molar-refractivity contribution in [3.8, 4) is 0 Å². The third-order valence-electron chi connectivity index (χ3n) is 3.11. The van der Waals surface area contributed by atoms with Gasteiger partial charge in [0.15, 0.2) is 0 Å². The Labute approximate surface area is 127 Å². The Morgan fingerprint density at radius 2 is 1.55 bits per heavy atom. The molecule has 2 aromatic carbocycles. The fourth-order valence-corrected chi connectivity index (χ4v) is 1.80. The summed E-state index contributed by atoms with van der Waals surface area (Å²) >= 11 is 0. The molecule has 0 aliphatic carbocycles. The van der Waals surface area contributed by atoms with Gasteiger partial charge in [0.05, 0.1) is 5.56 Å². The van der Waals surface area contributed by atoms with Crippen molar-refractivity contribution in [1.82, 2.24) is 0 Å². The molecule has 5 heteroatoms. The van der Waals surface area contributed by atoms with Crippen LogP contribution in [0.15, 0.2) is 53.7 Å². The highest BCUT2D eigenvalue weighted by atomic mass is 19.4. The Balaban J connectivity index is 1.86. The van der Waals surface area contributed by atoms with Crippen LogP contribution in [-0.2, 0) is 24.0 Å². The minimum absolute atomic E-state index is 0.0954. The second kappa shape index (κ2) is 7.11. The van der Waals surface area contributed by atoms with Crippen molar-refractivity contribution < 1.29 is 18.0 Å². The van der Waals surface area contributed by atoms with Crippen LogP contribution in [0.2, 0.25) is 0 Å². The molecule has 0 saturated carbocycles. The van der Waals surface area contributed by atoms with Crippen LogP contribution in [-0.4, -0.2) is 6.21 Å². The minimum Gasteiger partial charge on any atom is -0.390 e. The first kappa shape index (κ1) is 16.1. The first-order valence-electron chi connectivity index (χ1n) is 6.82. The predicted molar refractivity (Wildman–Crippen MR) is 78.6 cm³/mol. The lowest BCUT2D eigenvalue weighted by Gasteiger charge is -2.06. The van der Waals surface area contributed by atoms with Crippen LogP contribution >= 0.6 is 0 Å². The molecule has 1 radical (unpaired) electrons. The third kappa shape index (κ3) is 4.62. The van der Waals surface area contributed by atoms with Crippen molar-refractivity contribution in [1.29, 1.82) is 0 Å². The van der Waals surface area contributed by atoms with Crippen LogP contribution < -0.4 is 0 Å². The van der Waals surface area contributed by atoms with Crippen LogP contribution in [0, 0.1) is 0 Å².